The average Bonchev–Trinajstić information content (AvgIpc) is 2.88. The Morgan fingerprint density at radius 1 is 1.22 bits per heavy atom. The fraction of sp³-hybridized carbons (Fsp3) is 0.462. The Hall–Kier alpha value is -1.49. The predicted octanol–water partition coefficient (Wildman–Crippen LogP) is 1.40. The molecule has 2 fully saturated rings. The number of hydrogen-bond acceptors (Lipinski definition) is 2. The lowest BCUT2D eigenvalue weighted by molar-refractivity contribution is 0.0736. The maximum absolute atomic E-state index is 13.1. The molecule has 0 unspecified atom stereocenters. The van der Waals surface area contributed by atoms with Crippen molar-refractivity contribution in [1.82, 2.24) is 10.2 Å². The first-order chi connectivity index (χ1) is 8.65. The van der Waals surface area contributed by atoms with Crippen LogP contribution in [0.15, 0.2) is 18.2 Å². The third kappa shape index (κ3) is 1.88. The summed E-state index contributed by atoms with van der Waals surface area (Å²) < 4.78 is 26.2. The van der Waals surface area contributed by atoms with E-state index in [-0.39, 0.29) is 17.5 Å². The minimum atomic E-state index is -0.710. The molecule has 0 saturated carbocycles. The molecule has 18 heavy (non-hydrogen) atoms. The number of rotatable bonds is 1. The van der Waals surface area contributed by atoms with Crippen LogP contribution < -0.4 is 5.32 Å². The molecular formula is C13H14F2N2O. The molecule has 1 aromatic carbocycles. The van der Waals surface area contributed by atoms with E-state index in [0.717, 1.165) is 37.7 Å². The van der Waals surface area contributed by atoms with Crippen LogP contribution in [0.25, 0.3) is 0 Å². The van der Waals surface area contributed by atoms with Gasteiger partial charge in [0.2, 0.25) is 0 Å². The van der Waals surface area contributed by atoms with Crippen molar-refractivity contribution in [2.45, 2.75) is 12.5 Å². The van der Waals surface area contributed by atoms with Gasteiger partial charge in [-0.15, -0.1) is 0 Å². The lowest BCUT2D eigenvalue weighted by Crippen LogP contribution is -2.39. The summed E-state index contributed by atoms with van der Waals surface area (Å²) in [4.78, 5) is 14.0. The molecule has 2 atom stereocenters. The molecular weight excluding hydrogens is 238 g/mol. The van der Waals surface area contributed by atoms with Crippen molar-refractivity contribution in [3.8, 4) is 0 Å². The van der Waals surface area contributed by atoms with Gasteiger partial charge in [-0.05, 0) is 24.5 Å². The summed E-state index contributed by atoms with van der Waals surface area (Å²) in [6, 6.07) is 3.15. The Labute approximate surface area is 104 Å². The summed E-state index contributed by atoms with van der Waals surface area (Å²) in [6.07, 6.45) is 0.960. The number of fused-ring (bicyclic) bond motifs is 1. The van der Waals surface area contributed by atoms with Gasteiger partial charge < -0.3 is 10.2 Å². The maximum Gasteiger partial charge on any atom is 0.254 e. The van der Waals surface area contributed by atoms with Crippen molar-refractivity contribution in [2.24, 2.45) is 5.92 Å². The first-order valence-corrected chi connectivity index (χ1v) is 6.13. The number of hydrogen-bond donors (Lipinski definition) is 1. The Morgan fingerprint density at radius 2 is 1.94 bits per heavy atom. The molecule has 0 aliphatic carbocycles. The quantitative estimate of drug-likeness (QED) is 0.819. The summed E-state index contributed by atoms with van der Waals surface area (Å²) in [5.41, 5.74) is 0.0973. The number of likely N-dealkylation sites (tertiary alicyclic amines) is 1. The monoisotopic (exact) mass is 252 g/mol. The molecule has 2 aliphatic rings. The molecule has 1 N–H and O–H groups in total. The normalized spacial score (nSPS) is 26.4. The average molecular weight is 252 g/mol. The highest BCUT2D eigenvalue weighted by molar-refractivity contribution is 5.94. The molecule has 1 amide bonds. The Bertz CT molecular complexity index is 472. The van der Waals surface area contributed by atoms with Gasteiger partial charge in [0.05, 0.1) is 0 Å². The summed E-state index contributed by atoms with van der Waals surface area (Å²) >= 11 is 0. The molecule has 96 valence electrons. The van der Waals surface area contributed by atoms with E-state index in [1.807, 2.05) is 0 Å². The van der Waals surface area contributed by atoms with E-state index in [2.05, 4.69) is 5.32 Å². The highest BCUT2D eigenvalue weighted by atomic mass is 19.1. The van der Waals surface area contributed by atoms with Gasteiger partial charge in [-0.25, -0.2) is 8.78 Å². The fourth-order valence-electron chi connectivity index (χ4n) is 2.94. The summed E-state index contributed by atoms with van der Waals surface area (Å²) in [5, 5.41) is 3.24. The second-order valence-corrected chi connectivity index (χ2v) is 4.93. The van der Waals surface area contributed by atoms with Crippen molar-refractivity contribution in [3.63, 3.8) is 0 Å². The Morgan fingerprint density at radius 3 is 2.67 bits per heavy atom. The highest BCUT2D eigenvalue weighted by Crippen LogP contribution is 2.28. The minimum Gasteiger partial charge on any atom is -0.334 e. The maximum atomic E-state index is 13.1. The van der Waals surface area contributed by atoms with E-state index in [1.54, 1.807) is 4.90 Å². The molecule has 2 saturated heterocycles. The van der Waals surface area contributed by atoms with Crippen LogP contribution in [0.4, 0.5) is 8.78 Å². The first kappa shape index (κ1) is 11.6. The second-order valence-electron chi connectivity index (χ2n) is 4.93. The van der Waals surface area contributed by atoms with E-state index in [9.17, 15) is 13.6 Å². The SMILES string of the molecule is O=C(c1cc(F)cc(F)c1)N1CC[C@@H]2CNC[C@@H]21. The summed E-state index contributed by atoms with van der Waals surface area (Å²) in [5.74, 6) is -1.21. The molecule has 0 bridgehead atoms. The van der Waals surface area contributed by atoms with Gasteiger partial charge in [-0.2, -0.15) is 0 Å². The molecule has 3 nitrogen and oxygen atoms in total. The highest BCUT2D eigenvalue weighted by Gasteiger charge is 2.40. The Balaban J connectivity index is 1.86. The van der Waals surface area contributed by atoms with Gasteiger partial charge >= 0.3 is 0 Å². The van der Waals surface area contributed by atoms with E-state index < -0.39 is 11.6 Å². The molecule has 2 heterocycles. The molecule has 5 heteroatoms. The van der Waals surface area contributed by atoms with E-state index in [4.69, 9.17) is 0 Å². The van der Waals surface area contributed by atoms with Crippen molar-refractivity contribution < 1.29 is 13.6 Å². The smallest absolute Gasteiger partial charge is 0.254 e. The molecule has 2 aliphatic heterocycles. The van der Waals surface area contributed by atoms with Crippen molar-refractivity contribution in [2.75, 3.05) is 19.6 Å². The summed E-state index contributed by atoms with van der Waals surface area (Å²) in [7, 11) is 0. The van der Waals surface area contributed by atoms with Crippen LogP contribution in [-0.4, -0.2) is 36.5 Å². The van der Waals surface area contributed by atoms with Crippen LogP contribution in [0.2, 0.25) is 0 Å². The third-order valence-electron chi connectivity index (χ3n) is 3.82. The summed E-state index contributed by atoms with van der Waals surface area (Å²) in [6.45, 7) is 2.37. The lowest BCUT2D eigenvalue weighted by atomic mass is 10.0. The number of nitrogens with one attached hydrogen (secondary N) is 1. The number of carbonyl (C=O) groups is 1. The van der Waals surface area contributed by atoms with Gasteiger partial charge in [0.1, 0.15) is 11.6 Å². The van der Waals surface area contributed by atoms with Gasteiger partial charge in [-0.3, -0.25) is 4.79 Å². The van der Waals surface area contributed by atoms with E-state index in [1.165, 1.54) is 0 Å². The third-order valence-corrected chi connectivity index (χ3v) is 3.82. The topological polar surface area (TPSA) is 32.3 Å². The zero-order valence-corrected chi connectivity index (χ0v) is 9.83. The molecule has 1 aromatic rings. The largest absolute Gasteiger partial charge is 0.334 e. The van der Waals surface area contributed by atoms with Crippen LogP contribution >= 0.6 is 0 Å². The van der Waals surface area contributed by atoms with Crippen molar-refractivity contribution in [1.29, 1.82) is 0 Å². The molecule has 0 spiro atoms. The second kappa shape index (κ2) is 4.31. The predicted molar refractivity (Wildman–Crippen MR) is 62.2 cm³/mol. The van der Waals surface area contributed by atoms with Crippen LogP contribution in [0.1, 0.15) is 16.8 Å². The Kier molecular flexibility index (Phi) is 2.78. The number of benzene rings is 1. The first-order valence-electron chi connectivity index (χ1n) is 6.13. The van der Waals surface area contributed by atoms with Crippen LogP contribution in [0, 0.1) is 17.6 Å². The van der Waals surface area contributed by atoms with Gasteiger partial charge in [0.25, 0.3) is 5.91 Å². The zero-order chi connectivity index (χ0) is 12.7. The lowest BCUT2D eigenvalue weighted by Gasteiger charge is -2.23. The van der Waals surface area contributed by atoms with E-state index >= 15 is 0 Å². The minimum absolute atomic E-state index is 0.0973. The standard InChI is InChI=1S/C13H14F2N2O/c14-10-3-9(4-11(15)5-10)13(18)17-2-1-8-6-16-7-12(8)17/h3-5,8,12,16H,1-2,6-7H2/t8-,12+/m1/s1. The molecule has 0 aromatic heterocycles. The van der Waals surface area contributed by atoms with Gasteiger partial charge in [0, 0.05) is 37.3 Å². The number of amides is 1. The number of halogens is 2. The van der Waals surface area contributed by atoms with Crippen LogP contribution in [0.5, 0.6) is 0 Å². The molecule has 0 radical (unpaired) electrons. The van der Waals surface area contributed by atoms with Gasteiger partial charge in [0.15, 0.2) is 0 Å². The molecule has 3 rings (SSSR count). The number of carbonyl (C=O) groups excluding carboxylic acids is 1. The van der Waals surface area contributed by atoms with Crippen molar-refractivity contribution in [3.05, 3.63) is 35.4 Å². The fourth-order valence-corrected chi connectivity index (χ4v) is 2.94. The number of nitrogens with zero attached hydrogens (tertiary/aromatic N) is 1. The van der Waals surface area contributed by atoms with Crippen molar-refractivity contribution >= 4 is 5.91 Å². The van der Waals surface area contributed by atoms with E-state index in [0.29, 0.717) is 12.5 Å². The zero-order valence-electron chi connectivity index (χ0n) is 9.83. The van der Waals surface area contributed by atoms with Gasteiger partial charge in [-0.1, -0.05) is 0 Å². The van der Waals surface area contributed by atoms with Crippen LogP contribution in [0.3, 0.4) is 0 Å². The van der Waals surface area contributed by atoms with Crippen LogP contribution in [-0.2, 0) is 0 Å².